The minimum atomic E-state index is -3.16. The van der Waals surface area contributed by atoms with Crippen molar-refractivity contribution in [3.05, 3.63) is 40.9 Å². The van der Waals surface area contributed by atoms with E-state index < -0.39 is 29.6 Å². The van der Waals surface area contributed by atoms with Gasteiger partial charge in [-0.25, -0.2) is 9.97 Å². The number of aromatic nitrogens is 4. The molecule has 0 spiro atoms. The Hall–Kier alpha value is -3.38. The van der Waals surface area contributed by atoms with E-state index in [0.717, 1.165) is 31.9 Å². The SMILES string of the molecule is CN1CCN(c2ccc(Nc3ncc4cc(OC(F)F)c(=O)n([C@@H]5CCC[C@@]5(C)O)c4n3)nc2)CC1. The molecular weight excluding hydrogens is 472 g/mol. The number of halogens is 2. The molecule has 2 atom stereocenters. The number of alkyl halides is 2. The summed E-state index contributed by atoms with van der Waals surface area (Å²) in [6, 6.07) is 4.37. The van der Waals surface area contributed by atoms with E-state index in [0.29, 0.717) is 30.5 Å². The average molecular weight is 502 g/mol. The van der Waals surface area contributed by atoms with Gasteiger partial charge in [0.05, 0.1) is 23.5 Å². The molecule has 1 aliphatic heterocycles. The first kappa shape index (κ1) is 24.3. The summed E-state index contributed by atoms with van der Waals surface area (Å²) in [4.78, 5) is 31.0. The van der Waals surface area contributed by atoms with Crippen LogP contribution >= 0.6 is 0 Å². The summed E-state index contributed by atoms with van der Waals surface area (Å²) in [5, 5.41) is 14.3. The van der Waals surface area contributed by atoms with Crippen molar-refractivity contribution in [2.45, 2.75) is 44.4 Å². The van der Waals surface area contributed by atoms with Crippen molar-refractivity contribution in [3.8, 4) is 5.75 Å². The molecule has 1 aliphatic carbocycles. The number of hydrogen-bond donors (Lipinski definition) is 2. The van der Waals surface area contributed by atoms with Crippen molar-refractivity contribution in [1.82, 2.24) is 24.4 Å². The molecule has 0 amide bonds. The Balaban J connectivity index is 1.47. The molecule has 2 fully saturated rings. The lowest BCUT2D eigenvalue weighted by Crippen LogP contribution is -2.44. The standard InChI is InChI=1S/C24H29F2N7O3/c1-24(35)7-3-4-18(24)33-20-15(12-17(21(33)34)36-22(25)26)13-28-23(30-20)29-19-6-5-16(14-27-19)32-10-8-31(2)9-11-32/h5-6,12-14,18,22,35H,3-4,7-11H2,1-2H3,(H,27,28,29,30)/t18-,24-/m1/s1. The third-order valence-electron chi connectivity index (χ3n) is 7.00. The number of nitrogens with zero attached hydrogens (tertiary/aromatic N) is 6. The van der Waals surface area contributed by atoms with E-state index in [1.165, 1.54) is 16.8 Å². The maximum absolute atomic E-state index is 13.2. The van der Waals surface area contributed by atoms with Gasteiger partial charge in [0.1, 0.15) is 11.5 Å². The molecule has 1 saturated carbocycles. The lowest BCUT2D eigenvalue weighted by molar-refractivity contribution is -0.0513. The molecule has 36 heavy (non-hydrogen) atoms. The molecule has 192 valence electrons. The first-order chi connectivity index (χ1) is 17.2. The van der Waals surface area contributed by atoms with Crippen molar-refractivity contribution in [3.63, 3.8) is 0 Å². The molecular formula is C24H29F2N7O3. The predicted molar refractivity (Wildman–Crippen MR) is 131 cm³/mol. The number of hydrogen-bond acceptors (Lipinski definition) is 9. The third-order valence-corrected chi connectivity index (χ3v) is 7.00. The maximum Gasteiger partial charge on any atom is 0.387 e. The minimum absolute atomic E-state index is 0.190. The van der Waals surface area contributed by atoms with E-state index in [1.54, 1.807) is 13.1 Å². The van der Waals surface area contributed by atoms with Gasteiger partial charge in [-0.2, -0.15) is 13.8 Å². The largest absolute Gasteiger partial charge is 0.429 e. The summed E-state index contributed by atoms with van der Waals surface area (Å²) in [6.07, 6.45) is 4.88. The number of anilines is 3. The van der Waals surface area contributed by atoms with Gasteiger partial charge in [-0.05, 0) is 51.4 Å². The van der Waals surface area contributed by atoms with Crippen LogP contribution in [0.3, 0.4) is 0 Å². The topological polar surface area (TPSA) is 109 Å². The van der Waals surface area contributed by atoms with Crippen molar-refractivity contribution < 1.29 is 18.6 Å². The highest BCUT2D eigenvalue weighted by molar-refractivity contribution is 5.77. The number of piperazine rings is 1. The predicted octanol–water partition coefficient (Wildman–Crippen LogP) is 2.76. The molecule has 3 aromatic rings. The van der Waals surface area contributed by atoms with Gasteiger partial charge < -0.3 is 25.0 Å². The molecule has 10 nitrogen and oxygen atoms in total. The van der Waals surface area contributed by atoms with Crippen LogP contribution in [0.2, 0.25) is 0 Å². The summed E-state index contributed by atoms with van der Waals surface area (Å²) in [6.45, 7) is 2.32. The first-order valence-electron chi connectivity index (χ1n) is 12.0. The zero-order valence-corrected chi connectivity index (χ0v) is 20.2. The van der Waals surface area contributed by atoms with Crippen LogP contribution in [-0.4, -0.2) is 75.0 Å². The highest BCUT2D eigenvalue weighted by atomic mass is 19.3. The molecule has 2 N–H and O–H groups in total. The minimum Gasteiger partial charge on any atom is -0.429 e. The van der Waals surface area contributed by atoms with Gasteiger partial charge in [-0.1, -0.05) is 0 Å². The molecule has 3 aromatic heterocycles. The maximum atomic E-state index is 13.2. The number of ether oxygens (including phenoxy) is 1. The number of pyridine rings is 2. The molecule has 5 rings (SSSR count). The third kappa shape index (κ3) is 4.82. The van der Waals surface area contributed by atoms with Crippen LogP contribution < -0.4 is 20.5 Å². The van der Waals surface area contributed by atoms with Gasteiger partial charge in [0.25, 0.3) is 5.56 Å². The number of likely N-dealkylation sites (N-methyl/N-ethyl adjacent to an activating group) is 1. The molecule has 0 bridgehead atoms. The second-order valence-corrected chi connectivity index (χ2v) is 9.62. The van der Waals surface area contributed by atoms with E-state index in [4.69, 9.17) is 0 Å². The highest BCUT2D eigenvalue weighted by Crippen LogP contribution is 2.40. The Labute approximate surface area is 206 Å². The van der Waals surface area contributed by atoms with Gasteiger partial charge in [-0.15, -0.1) is 0 Å². The molecule has 12 heteroatoms. The molecule has 0 radical (unpaired) electrons. The van der Waals surface area contributed by atoms with Gasteiger partial charge in [0.2, 0.25) is 5.95 Å². The van der Waals surface area contributed by atoms with E-state index in [2.05, 4.69) is 41.9 Å². The molecule has 0 aromatic carbocycles. The Morgan fingerprint density at radius 3 is 2.61 bits per heavy atom. The number of aliphatic hydroxyl groups is 1. The number of nitrogens with one attached hydrogen (secondary N) is 1. The second kappa shape index (κ2) is 9.58. The quantitative estimate of drug-likeness (QED) is 0.527. The fraction of sp³-hybridized carbons (Fsp3) is 0.500. The van der Waals surface area contributed by atoms with Crippen molar-refractivity contribution in [2.24, 2.45) is 0 Å². The monoisotopic (exact) mass is 501 g/mol. The van der Waals surface area contributed by atoms with E-state index in [-0.39, 0.29) is 11.6 Å². The first-order valence-corrected chi connectivity index (χ1v) is 12.0. The van der Waals surface area contributed by atoms with Gasteiger partial charge in [0, 0.05) is 37.8 Å². The second-order valence-electron chi connectivity index (χ2n) is 9.62. The van der Waals surface area contributed by atoms with Crippen LogP contribution in [-0.2, 0) is 0 Å². The Bertz CT molecular complexity index is 1290. The van der Waals surface area contributed by atoms with Gasteiger partial charge in [-0.3, -0.25) is 9.36 Å². The number of rotatable bonds is 6. The fourth-order valence-electron chi connectivity index (χ4n) is 4.99. The zero-order valence-electron chi connectivity index (χ0n) is 20.2. The Morgan fingerprint density at radius 1 is 1.19 bits per heavy atom. The van der Waals surface area contributed by atoms with E-state index in [1.807, 2.05) is 12.1 Å². The van der Waals surface area contributed by atoms with Gasteiger partial charge >= 0.3 is 6.61 Å². The van der Waals surface area contributed by atoms with Gasteiger partial charge in [0.15, 0.2) is 5.75 Å². The van der Waals surface area contributed by atoms with Crippen LogP contribution in [0, 0.1) is 0 Å². The highest BCUT2D eigenvalue weighted by Gasteiger charge is 2.40. The van der Waals surface area contributed by atoms with Crippen LogP contribution in [0.15, 0.2) is 35.4 Å². The van der Waals surface area contributed by atoms with Crippen LogP contribution in [0.5, 0.6) is 5.75 Å². The average Bonchev–Trinajstić information content (AvgIpc) is 3.19. The van der Waals surface area contributed by atoms with Crippen molar-refractivity contribution in [2.75, 3.05) is 43.4 Å². The van der Waals surface area contributed by atoms with Crippen molar-refractivity contribution in [1.29, 1.82) is 0 Å². The lowest BCUT2D eigenvalue weighted by atomic mass is 10.00. The number of fused-ring (bicyclic) bond motifs is 1. The molecule has 1 saturated heterocycles. The summed E-state index contributed by atoms with van der Waals surface area (Å²) in [5.41, 5.74) is -0.717. The Kier molecular flexibility index (Phi) is 6.47. The molecule has 2 aliphatic rings. The van der Waals surface area contributed by atoms with Crippen LogP contribution in [0.1, 0.15) is 32.2 Å². The fourth-order valence-corrected chi connectivity index (χ4v) is 4.99. The summed E-state index contributed by atoms with van der Waals surface area (Å²) in [7, 11) is 2.10. The zero-order chi connectivity index (χ0) is 25.4. The molecule has 0 unspecified atom stereocenters. The summed E-state index contributed by atoms with van der Waals surface area (Å²) in [5.74, 6) is 0.202. The molecule has 4 heterocycles. The lowest BCUT2D eigenvalue weighted by Gasteiger charge is -2.33. The van der Waals surface area contributed by atoms with Crippen LogP contribution in [0.25, 0.3) is 11.0 Å². The smallest absolute Gasteiger partial charge is 0.387 e. The summed E-state index contributed by atoms with van der Waals surface area (Å²) < 4.78 is 31.7. The summed E-state index contributed by atoms with van der Waals surface area (Å²) >= 11 is 0. The van der Waals surface area contributed by atoms with E-state index >= 15 is 0 Å². The van der Waals surface area contributed by atoms with Crippen molar-refractivity contribution >= 4 is 28.5 Å². The van der Waals surface area contributed by atoms with E-state index in [9.17, 15) is 18.7 Å². The Morgan fingerprint density at radius 2 is 1.97 bits per heavy atom. The normalized spacial score (nSPS) is 22.9. The van der Waals surface area contributed by atoms with Crippen LogP contribution in [0.4, 0.5) is 26.2 Å².